The third-order valence-corrected chi connectivity index (χ3v) is 2.84. The second-order valence-corrected chi connectivity index (χ2v) is 4.01. The second-order valence-electron chi connectivity index (χ2n) is 4.01. The van der Waals surface area contributed by atoms with Gasteiger partial charge in [0.15, 0.2) is 0 Å². The van der Waals surface area contributed by atoms with E-state index < -0.39 is 0 Å². The van der Waals surface area contributed by atoms with Crippen LogP contribution in [0.1, 0.15) is 24.0 Å². The van der Waals surface area contributed by atoms with Crippen molar-refractivity contribution in [3.05, 3.63) is 65.3 Å². The molecule has 0 N–H and O–H groups in total. The molecule has 0 aliphatic heterocycles. The highest BCUT2D eigenvalue weighted by atomic mass is 14.1. The molecule has 0 heterocycles. The summed E-state index contributed by atoms with van der Waals surface area (Å²) in [7, 11) is 0. The van der Waals surface area contributed by atoms with Crippen molar-refractivity contribution in [3.63, 3.8) is 0 Å². The van der Waals surface area contributed by atoms with Gasteiger partial charge in [0, 0.05) is 0 Å². The fourth-order valence-corrected chi connectivity index (χ4v) is 1.81. The zero-order chi connectivity index (χ0) is 10.7. The molecule has 0 amide bonds. The summed E-state index contributed by atoms with van der Waals surface area (Å²) in [6.07, 6.45) is 8.70. The molecular weight excluding hydrogens is 180 g/mol. The van der Waals surface area contributed by atoms with Crippen LogP contribution < -0.4 is 0 Å². The molecule has 1 aromatic carbocycles. The summed E-state index contributed by atoms with van der Waals surface area (Å²) in [5.41, 5.74) is 5.25. The van der Waals surface area contributed by atoms with Crippen molar-refractivity contribution in [2.45, 2.75) is 19.8 Å². The Morgan fingerprint density at radius 2 is 1.87 bits per heavy atom. The van der Waals surface area contributed by atoms with Gasteiger partial charge in [-0.3, -0.25) is 0 Å². The lowest BCUT2D eigenvalue weighted by Crippen LogP contribution is -1.92. The Labute approximate surface area is 91.6 Å². The highest BCUT2D eigenvalue weighted by Gasteiger charge is 2.05. The van der Waals surface area contributed by atoms with Gasteiger partial charge in [0.05, 0.1) is 0 Å². The summed E-state index contributed by atoms with van der Waals surface area (Å²) in [5.74, 6) is 0. The first-order valence-electron chi connectivity index (χ1n) is 5.37. The maximum Gasteiger partial charge on any atom is -0.00945 e. The number of allylic oxidation sites excluding steroid dienone is 4. The third-order valence-electron chi connectivity index (χ3n) is 2.84. The lowest BCUT2D eigenvalue weighted by molar-refractivity contribution is 1.10. The van der Waals surface area contributed by atoms with Crippen LogP contribution in [0.5, 0.6) is 0 Å². The quantitative estimate of drug-likeness (QED) is 0.588. The molecule has 1 aliphatic rings. The fraction of sp³-hybridized carbons (Fsp3) is 0.200. The van der Waals surface area contributed by atoms with Crippen LogP contribution in [0.25, 0.3) is 6.08 Å². The van der Waals surface area contributed by atoms with Crippen LogP contribution in [-0.4, -0.2) is 0 Å². The predicted octanol–water partition coefficient (Wildman–Crippen LogP) is 4.28. The van der Waals surface area contributed by atoms with Gasteiger partial charge in [-0.2, -0.15) is 0 Å². The first-order valence-corrected chi connectivity index (χ1v) is 5.37. The van der Waals surface area contributed by atoms with Crippen LogP contribution in [0.15, 0.2) is 54.1 Å². The Balaban J connectivity index is 2.34. The van der Waals surface area contributed by atoms with Crippen LogP contribution in [0, 0.1) is 6.92 Å². The molecule has 0 radical (unpaired) electrons. The molecular formula is C15H16. The first kappa shape index (κ1) is 9.97. The lowest BCUT2D eigenvalue weighted by atomic mass is 9.93. The van der Waals surface area contributed by atoms with Gasteiger partial charge in [0.2, 0.25) is 0 Å². The van der Waals surface area contributed by atoms with Gasteiger partial charge in [-0.05, 0) is 42.0 Å². The van der Waals surface area contributed by atoms with Crippen LogP contribution in [0.2, 0.25) is 0 Å². The number of hydrogen-bond donors (Lipinski definition) is 0. The summed E-state index contributed by atoms with van der Waals surface area (Å²) in [6, 6.07) is 8.47. The molecule has 15 heavy (non-hydrogen) atoms. The molecule has 76 valence electrons. The maximum absolute atomic E-state index is 4.10. The SMILES string of the molecule is C=C1CC=CC/C1=C/c1ccccc1C. The van der Waals surface area contributed by atoms with Crippen molar-refractivity contribution >= 4 is 6.08 Å². The molecule has 0 heteroatoms. The molecule has 0 spiro atoms. The van der Waals surface area contributed by atoms with Gasteiger partial charge in [-0.15, -0.1) is 0 Å². The van der Waals surface area contributed by atoms with E-state index in [1.165, 1.54) is 22.3 Å². The summed E-state index contributed by atoms with van der Waals surface area (Å²) in [4.78, 5) is 0. The van der Waals surface area contributed by atoms with Crippen molar-refractivity contribution in [2.24, 2.45) is 0 Å². The van der Waals surface area contributed by atoms with E-state index in [9.17, 15) is 0 Å². The van der Waals surface area contributed by atoms with E-state index in [-0.39, 0.29) is 0 Å². The van der Waals surface area contributed by atoms with Crippen molar-refractivity contribution in [3.8, 4) is 0 Å². The Morgan fingerprint density at radius 3 is 2.60 bits per heavy atom. The molecule has 0 saturated heterocycles. The minimum absolute atomic E-state index is 0.998. The van der Waals surface area contributed by atoms with Crippen LogP contribution in [-0.2, 0) is 0 Å². The van der Waals surface area contributed by atoms with Gasteiger partial charge >= 0.3 is 0 Å². The standard InChI is InChI=1S/C15H16/c1-12-7-3-5-9-14(12)11-15-10-6-4-8-13(15)2/h3-6,8,10-11H,1,7,9H2,2H3/b14-11-. The molecule has 0 unspecified atom stereocenters. The number of aryl methyl sites for hydroxylation is 1. The smallest absolute Gasteiger partial charge is 0.00945 e. The van der Waals surface area contributed by atoms with E-state index in [4.69, 9.17) is 0 Å². The Hall–Kier alpha value is -1.56. The Kier molecular flexibility index (Phi) is 2.86. The van der Waals surface area contributed by atoms with Crippen molar-refractivity contribution in [1.29, 1.82) is 0 Å². The van der Waals surface area contributed by atoms with Crippen LogP contribution >= 0.6 is 0 Å². The highest BCUT2D eigenvalue weighted by Crippen LogP contribution is 2.25. The zero-order valence-electron chi connectivity index (χ0n) is 9.16. The molecule has 2 rings (SSSR count). The van der Waals surface area contributed by atoms with Crippen LogP contribution in [0.4, 0.5) is 0 Å². The maximum atomic E-state index is 4.10. The molecule has 0 fully saturated rings. The monoisotopic (exact) mass is 196 g/mol. The van der Waals surface area contributed by atoms with Gasteiger partial charge in [-0.25, -0.2) is 0 Å². The minimum atomic E-state index is 0.998. The van der Waals surface area contributed by atoms with Crippen molar-refractivity contribution in [2.75, 3.05) is 0 Å². The van der Waals surface area contributed by atoms with E-state index in [2.05, 4.69) is 56.0 Å². The summed E-state index contributed by atoms with van der Waals surface area (Å²) in [5, 5.41) is 0. The number of hydrogen-bond acceptors (Lipinski definition) is 0. The van der Waals surface area contributed by atoms with E-state index >= 15 is 0 Å². The zero-order valence-corrected chi connectivity index (χ0v) is 9.16. The average molecular weight is 196 g/mol. The second kappa shape index (κ2) is 4.31. The van der Waals surface area contributed by atoms with Crippen molar-refractivity contribution in [1.82, 2.24) is 0 Å². The Morgan fingerprint density at radius 1 is 1.13 bits per heavy atom. The third kappa shape index (κ3) is 2.27. The molecule has 1 aliphatic carbocycles. The van der Waals surface area contributed by atoms with E-state index in [0.717, 1.165) is 12.8 Å². The highest BCUT2D eigenvalue weighted by molar-refractivity contribution is 5.62. The molecule has 0 nitrogen and oxygen atoms in total. The molecule has 0 atom stereocenters. The van der Waals surface area contributed by atoms with Gasteiger partial charge in [0.1, 0.15) is 0 Å². The molecule has 0 bridgehead atoms. The minimum Gasteiger partial charge on any atom is -0.0952 e. The summed E-state index contributed by atoms with van der Waals surface area (Å²) in [6.45, 7) is 6.25. The molecule has 0 aromatic heterocycles. The van der Waals surface area contributed by atoms with E-state index in [1.54, 1.807) is 0 Å². The molecule has 1 aromatic rings. The first-order chi connectivity index (χ1) is 7.27. The van der Waals surface area contributed by atoms with Gasteiger partial charge in [-0.1, -0.05) is 49.1 Å². The van der Waals surface area contributed by atoms with Crippen molar-refractivity contribution < 1.29 is 0 Å². The molecule has 0 saturated carbocycles. The normalized spacial score (nSPS) is 18.5. The summed E-state index contributed by atoms with van der Waals surface area (Å²) < 4.78 is 0. The topological polar surface area (TPSA) is 0 Å². The number of benzene rings is 1. The number of rotatable bonds is 1. The van der Waals surface area contributed by atoms with E-state index in [1.807, 2.05) is 0 Å². The average Bonchev–Trinajstić information content (AvgIpc) is 2.24. The van der Waals surface area contributed by atoms with E-state index in [0.29, 0.717) is 0 Å². The Bertz CT molecular complexity index is 433. The van der Waals surface area contributed by atoms with Crippen LogP contribution in [0.3, 0.4) is 0 Å². The predicted molar refractivity (Wildman–Crippen MR) is 66.7 cm³/mol. The van der Waals surface area contributed by atoms with Gasteiger partial charge < -0.3 is 0 Å². The lowest BCUT2D eigenvalue weighted by Gasteiger charge is -2.12. The van der Waals surface area contributed by atoms with Gasteiger partial charge in [0.25, 0.3) is 0 Å². The summed E-state index contributed by atoms with van der Waals surface area (Å²) >= 11 is 0. The largest absolute Gasteiger partial charge is 0.0952 e. The fourth-order valence-electron chi connectivity index (χ4n) is 1.81.